The first-order chi connectivity index (χ1) is 15.4. The van der Waals surface area contributed by atoms with Crippen molar-refractivity contribution in [2.45, 2.75) is 38.5 Å². The topological polar surface area (TPSA) is 63.9 Å². The molecule has 2 heterocycles. The molecule has 0 radical (unpaired) electrons. The number of hydrogen-bond donors (Lipinski definition) is 0. The molecule has 0 atom stereocenters. The number of hydrogen-bond acceptors (Lipinski definition) is 4. The van der Waals surface area contributed by atoms with Gasteiger partial charge >= 0.3 is 0 Å². The van der Waals surface area contributed by atoms with Crippen molar-refractivity contribution in [1.29, 1.82) is 0 Å². The highest BCUT2D eigenvalue weighted by molar-refractivity contribution is 7.89. The van der Waals surface area contributed by atoms with E-state index in [4.69, 9.17) is 4.74 Å². The summed E-state index contributed by atoms with van der Waals surface area (Å²) in [7, 11) is -3.40. The minimum Gasteiger partial charge on any atom is -0.494 e. The summed E-state index contributed by atoms with van der Waals surface area (Å²) in [6, 6.07) is 16.9. The van der Waals surface area contributed by atoms with Crippen LogP contribution in [0.3, 0.4) is 0 Å². The predicted octanol–water partition coefficient (Wildman–Crippen LogP) is 5.03. The van der Waals surface area contributed by atoms with Crippen molar-refractivity contribution in [3.8, 4) is 11.4 Å². The van der Waals surface area contributed by atoms with E-state index >= 15 is 0 Å². The second-order valence-electron chi connectivity index (χ2n) is 7.95. The predicted molar refractivity (Wildman–Crippen MR) is 128 cm³/mol. The van der Waals surface area contributed by atoms with Crippen molar-refractivity contribution < 1.29 is 13.2 Å². The number of aryl methyl sites for hydroxylation is 1. The Bertz CT molecular complexity index is 1200. The molecule has 1 fully saturated rings. The molecule has 1 aliphatic heterocycles. The van der Waals surface area contributed by atoms with Crippen LogP contribution in [0, 0.1) is 13.8 Å². The van der Waals surface area contributed by atoms with E-state index in [0.717, 1.165) is 46.9 Å². The Hall–Kier alpha value is -2.90. The Morgan fingerprint density at radius 3 is 2.28 bits per heavy atom. The van der Waals surface area contributed by atoms with Crippen LogP contribution in [-0.4, -0.2) is 43.2 Å². The molecule has 0 saturated carbocycles. The van der Waals surface area contributed by atoms with Crippen LogP contribution in [0.5, 0.6) is 5.75 Å². The Kier molecular flexibility index (Phi) is 6.48. The van der Waals surface area contributed by atoms with E-state index in [1.165, 1.54) is 0 Å². The lowest BCUT2D eigenvalue weighted by atomic mass is 10.2. The second-order valence-corrected chi connectivity index (χ2v) is 9.89. The standard InChI is InChI=1S/C25H29N3O3S/c1-4-31-24-11-9-23(10-12-24)28-19(2)17-21(20(28)3)18-26-22-7-13-25(14-8-22)32(29,30)27-15-5-6-16-27/h7-14,17-18H,4-6,15-16H2,1-3H3. The van der Waals surface area contributed by atoms with Gasteiger partial charge in [0.05, 0.1) is 17.2 Å². The zero-order chi connectivity index (χ0) is 22.7. The molecule has 1 aromatic heterocycles. The zero-order valence-corrected chi connectivity index (χ0v) is 19.6. The number of nitrogens with zero attached hydrogens (tertiary/aromatic N) is 3. The summed E-state index contributed by atoms with van der Waals surface area (Å²) in [6.45, 7) is 7.96. The molecule has 0 N–H and O–H groups in total. The fraction of sp³-hybridized carbons (Fsp3) is 0.320. The maximum absolute atomic E-state index is 12.7. The van der Waals surface area contributed by atoms with E-state index in [-0.39, 0.29) is 0 Å². The van der Waals surface area contributed by atoms with E-state index in [9.17, 15) is 8.42 Å². The van der Waals surface area contributed by atoms with E-state index < -0.39 is 10.0 Å². The molecule has 4 rings (SSSR count). The fourth-order valence-corrected chi connectivity index (χ4v) is 5.62. The van der Waals surface area contributed by atoms with Gasteiger partial charge in [-0.2, -0.15) is 4.31 Å². The summed E-state index contributed by atoms with van der Waals surface area (Å²) in [4.78, 5) is 4.90. The molecule has 0 unspecified atom stereocenters. The monoisotopic (exact) mass is 451 g/mol. The molecule has 7 heteroatoms. The molecular weight excluding hydrogens is 422 g/mol. The van der Waals surface area contributed by atoms with Gasteiger partial charge in [-0.25, -0.2) is 8.42 Å². The Morgan fingerprint density at radius 2 is 1.66 bits per heavy atom. The first-order valence-corrected chi connectivity index (χ1v) is 12.4. The minimum absolute atomic E-state index is 0.326. The minimum atomic E-state index is -3.40. The van der Waals surface area contributed by atoms with Crippen LogP contribution in [0.1, 0.15) is 36.7 Å². The van der Waals surface area contributed by atoms with Crippen molar-refractivity contribution in [3.05, 3.63) is 71.5 Å². The van der Waals surface area contributed by atoms with Crippen LogP contribution in [0.25, 0.3) is 5.69 Å². The molecule has 0 aliphatic carbocycles. The van der Waals surface area contributed by atoms with E-state index in [1.54, 1.807) is 28.6 Å². The smallest absolute Gasteiger partial charge is 0.243 e. The van der Waals surface area contributed by atoms with Crippen molar-refractivity contribution >= 4 is 21.9 Å². The fourth-order valence-electron chi connectivity index (χ4n) is 4.10. The van der Waals surface area contributed by atoms with Gasteiger partial charge in [0.15, 0.2) is 0 Å². The lowest BCUT2D eigenvalue weighted by Crippen LogP contribution is -2.27. The maximum Gasteiger partial charge on any atom is 0.243 e. The molecule has 32 heavy (non-hydrogen) atoms. The third-order valence-corrected chi connectivity index (χ3v) is 7.68. The number of rotatable bonds is 7. The third-order valence-electron chi connectivity index (χ3n) is 5.77. The SMILES string of the molecule is CCOc1ccc(-n2c(C)cc(C=Nc3ccc(S(=O)(=O)N4CCCC4)cc3)c2C)cc1. The molecule has 0 spiro atoms. The van der Waals surface area contributed by atoms with Crippen LogP contribution >= 0.6 is 0 Å². The van der Waals surface area contributed by atoms with Crippen LogP contribution in [-0.2, 0) is 10.0 Å². The van der Waals surface area contributed by atoms with Gasteiger partial charge in [0, 0.05) is 41.9 Å². The summed E-state index contributed by atoms with van der Waals surface area (Å²) in [5, 5.41) is 0. The normalized spacial score (nSPS) is 15.0. The van der Waals surface area contributed by atoms with Gasteiger partial charge < -0.3 is 9.30 Å². The highest BCUT2D eigenvalue weighted by Gasteiger charge is 2.26. The van der Waals surface area contributed by atoms with E-state index in [2.05, 4.69) is 29.5 Å². The van der Waals surface area contributed by atoms with Crippen molar-refractivity contribution in [2.24, 2.45) is 4.99 Å². The quantitative estimate of drug-likeness (QED) is 0.474. The first-order valence-electron chi connectivity index (χ1n) is 11.0. The van der Waals surface area contributed by atoms with E-state index in [1.807, 2.05) is 37.4 Å². The summed E-state index contributed by atoms with van der Waals surface area (Å²) < 4.78 is 34.6. The molecule has 6 nitrogen and oxygen atoms in total. The Labute approximate surface area is 190 Å². The van der Waals surface area contributed by atoms with E-state index in [0.29, 0.717) is 24.6 Å². The lowest BCUT2D eigenvalue weighted by Gasteiger charge is -2.15. The molecule has 3 aromatic rings. The molecule has 2 aromatic carbocycles. The Balaban J connectivity index is 1.53. The van der Waals surface area contributed by atoms with Gasteiger partial charge in [0.1, 0.15) is 5.75 Å². The lowest BCUT2D eigenvalue weighted by molar-refractivity contribution is 0.340. The van der Waals surface area contributed by atoms with Crippen molar-refractivity contribution in [1.82, 2.24) is 8.87 Å². The molecule has 0 bridgehead atoms. The highest BCUT2D eigenvalue weighted by atomic mass is 32.2. The van der Waals surface area contributed by atoms with Crippen LogP contribution in [0.4, 0.5) is 5.69 Å². The zero-order valence-electron chi connectivity index (χ0n) is 18.8. The van der Waals surface area contributed by atoms with Gasteiger partial charge in [0.25, 0.3) is 0 Å². The van der Waals surface area contributed by atoms with Crippen LogP contribution < -0.4 is 4.74 Å². The molecule has 168 valence electrons. The number of aromatic nitrogens is 1. The number of sulfonamides is 1. The molecular formula is C25H29N3O3S. The molecule has 0 amide bonds. The first kappa shape index (κ1) is 22.3. The maximum atomic E-state index is 12.7. The number of benzene rings is 2. The van der Waals surface area contributed by atoms with Crippen LogP contribution in [0.2, 0.25) is 0 Å². The highest BCUT2D eigenvalue weighted by Crippen LogP contribution is 2.25. The molecule has 1 aliphatic rings. The summed E-state index contributed by atoms with van der Waals surface area (Å²) in [6.07, 6.45) is 3.69. The third kappa shape index (κ3) is 4.49. The van der Waals surface area contributed by atoms with Gasteiger partial charge in [0.2, 0.25) is 10.0 Å². The van der Waals surface area contributed by atoms with Crippen molar-refractivity contribution in [3.63, 3.8) is 0 Å². The second kappa shape index (κ2) is 9.30. The van der Waals surface area contributed by atoms with Crippen molar-refractivity contribution in [2.75, 3.05) is 19.7 Å². The average molecular weight is 452 g/mol. The number of aliphatic imine (C=N–C) groups is 1. The summed E-state index contributed by atoms with van der Waals surface area (Å²) in [5.74, 6) is 0.857. The van der Waals surface area contributed by atoms with Crippen LogP contribution in [0.15, 0.2) is 64.5 Å². The average Bonchev–Trinajstić information content (AvgIpc) is 3.43. The van der Waals surface area contributed by atoms with Gasteiger partial charge in [-0.05, 0) is 88.2 Å². The largest absolute Gasteiger partial charge is 0.494 e. The van der Waals surface area contributed by atoms with Gasteiger partial charge in [-0.15, -0.1) is 0 Å². The molecule has 1 saturated heterocycles. The summed E-state index contributed by atoms with van der Waals surface area (Å²) >= 11 is 0. The Morgan fingerprint density at radius 1 is 1.00 bits per heavy atom. The number of ether oxygens (including phenoxy) is 1. The van der Waals surface area contributed by atoms with Gasteiger partial charge in [-0.1, -0.05) is 0 Å². The van der Waals surface area contributed by atoms with Gasteiger partial charge in [-0.3, -0.25) is 4.99 Å². The summed E-state index contributed by atoms with van der Waals surface area (Å²) in [5.41, 5.74) is 5.00.